The SMILES string of the molecule is Cc1ncc(C2NCC(=O)N2)s1. The van der Waals surface area contributed by atoms with Crippen LogP contribution in [0.2, 0.25) is 0 Å². The maximum Gasteiger partial charge on any atom is 0.235 e. The van der Waals surface area contributed by atoms with Gasteiger partial charge in [-0.05, 0) is 6.92 Å². The number of rotatable bonds is 1. The van der Waals surface area contributed by atoms with Gasteiger partial charge in [0.15, 0.2) is 0 Å². The van der Waals surface area contributed by atoms with Gasteiger partial charge < -0.3 is 5.32 Å². The summed E-state index contributed by atoms with van der Waals surface area (Å²) < 4.78 is 0. The van der Waals surface area contributed by atoms with Crippen molar-refractivity contribution in [3.05, 3.63) is 16.1 Å². The van der Waals surface area contributed by atoms with E-state index < -0.39 is 0 Å². The Morgan fingerprint density at radius 2 is 2.58 bits per heavy atom. The van der Waals surface area contributed by atoms with E-state index in [1.54, 1.807) is 17.5 Å². The monoisotopic (exact) mass is 183 g/mol. The van der Waals surface area contributed by atoms with Gasteiger partial charge in [-0.25, -0.2) is 4.98 Å². The third-order valence-electron chi connectivity index (χ3n) is 1.70. The molecule has 1 aliphatic rings. The molecule has 4 nitrogen and oxygen atoms in total. The second-order valence-electron chi connectivity index (χ2n) is 2.66. The van der Waals surface area contributed by atoms with Crippen LogP contribution in [0.1, 0.15) is 16.1 Å². The number of nitrogens with zero attached hydrogens (tertiary/aromatic N) is 1. The normalized spacial score (nSPS) is 22.8. The smallest absolute Gasteiger partial charge is 0.235 e. The second kappa shape index (κ2) is 2.84. The Labute approximate surface area is 74.0 Å². The molecule has 5 heteroatoms. The summed E-state index contributed by atoms with van der Waals surface area (Å²) in [5.74, 6) is 0.0473. The fourth-order valence-corrected chi connectivity index (χ4v) is 1.95. The first-order valence-electron chi connectivity index (χ1n) is 3.71. The van der Waals surface area contributed by atoms with E-state index in [0.29, 0.717) is 6.54 Å². The van der Waals surface area contributed by atoms with Crippen molar-refractivity contribution in [1.82, 2.24) is 15.6 Å². The van der Waals surface area contributed by atoms with Gasteiger partial charge in [0, 0.05) is 6.20 Å². The molecule has 1 fully saturated rings. The molecule has 0 radical (unpaired) electrons. The van der Waals surface area contributed by atoms with E-state index in [0.717, 1.165) is 9.88 Å². The standard InChI is InChI=1S/C7H9N3OS/c1-4-8-2-5(12-4)7-9-3-6(11)10-7/h2,7,9H,3H2,1H3,(H,10,11). The Hall–Kier alpha value is -0.940. The number of aromatic nitrogens is 1. The van der Waals surface area contributed by atoms with Crippen molar-refractivity contribution in [2.24, 2.45) is 0 Å². The molecule has 1 aromatic heterocycles. The topological polar surface area (TPSA) is 54.0 Å². The number of hydrogen-bond acceptors (Lipinski definition) is 4. The first-order valence-corrected chi connectivity index (χ1v) is 4.52. The molecule has 1 aliphatic heterocycles. The maximum atomic E-state index is 10.8. The van der Waals surface area contributed by atoms with Crippen LogP contribution in [-0.4, -0.2) is 17.4 Å². The molecule has 64 valence electrons. The van der Waals surface area contributed by atoms with Crippen LogP contribution >= 0.6 is 11.3 Å². The summed E-state index contributed by atoms with van der Waals surface area (Å²) in [6.45, 7) is 2.35. The molecule has 1 aromatic rings. The molecule has 1 saturated heterocycles. The van der Waals surface area contributed by atoms with Gasteiger partial charge in [-0.2, -0.15) is 0 Å². The summed E-state index contributed by atoms with van der Waals surface area (Å²) in [7, 11) is 0. The lowest BCUT2D eigenvalue weighted by Gasteiger charge is -2.05. The molecular weight excluding hydrogens is 174 g/mol. The summed E-state index contributed by atoms with van der Waals surface area (Å²) in [4.78, 5) is 16.0. The van der Waals surface area contributed by atoms with Crippen LogP contribution in [0.4, 0.5) is 0 Å². The van der Waals surface area contributed by atoms with Crippen LogP contribution in [0.5, 0.6) is 0 Å². The highest BCUT2D eigenvalue weighted by molar-refractivity contribution is 7.11. The summed E-state index contributed by atoms with van der Waals surface area (Å²) >= 11 is 1.60. The number of thiazole rings is 1. The van der Waals surface area contributed by atoms with Gasteiger partial charge in [-0.1, -0.05) is 0 Å². The highest BCUT2D eigenvalue weighted by Gasteiger charge is 2.22. The summed E-state index contributed by atoms with van der Waals surface area (Å²) in [5.41, 5.74) is 0. The predicted molar refractivity (Wildman–Crippen MR) is 45.7 cm³/mol. The third kappa shape index (κ3) is 1.33. The van der Waals surface area contributed by atoms with Gasteiger partial charge in [0.2, 0.25) is 5.91 Å². The highest BCUT2D eigenvalue weighted by Crippen LogP contribution is 2.19. The minimum absolute atomic E-state index is 0.0244. The fraction of sp³-hybridized carbons (Fsp3) is 0.429. The molecule has 0 aliphatic carbocycles. The van der Waals surface area contributed by atoms with Crippen LogP contribution in [0.3, 0.4) is 0 Å². The Bertz CT molecular complexity index is 309. The van der Waals surface area contributed by atoms with Crippen LogP contribution < -0.4 is 10.6 Å². The fourth-order valence-electron chi connectivity index (χ4n) is 1.14. The van der Waals surface area contributed by atoms with Crippen LogP contribution in [0, 0.1) is 6.92 Å². The number of hydrogen-bond donors (Lipinski definition) is 2. The van der Waals surface area contributed by atoms with E-state index in [4.69, 9.17) is 0 Å². The summed E-state index contributed by atoms with van der Waals surface area (Å²) in [5, 5.41) is 6.87. The number of amides is 1. The second-order valence-corrected chi connectivity index (χ2v) is 3.93. The van der Waals surface area contributed by atoms with Gasteiger partial charge in [-0.15, -0.1) is 11.3 Å². The molecule has 2 heterocycles. The number of nitrogens with one attached hydrogen (secondary N) is 2. The first kappa shape index (κ1) is 7.70. The average Bonchev–Trinajstić information content (AvgIpc) is 2.58. The number of aryl methyl sites for hydroxylation is 1. The molecule has 1 amide bonds. The van der Waals surface area contributed by atoms with Gasteiger partial charge in [0.05, 0.1) is 16.4 Å². The van der Waals surface area contributed by atoms with Crippen LogP contribution in [0.15, 0.2) is 6.20 Å². The van der Waals surface area contributed by atoms with Crippen molar-refractivity contribution in [3.63, 3.8) is 0 Å². The molecular formula is C7H9N3OS. The Kier molecular flexibility index (Phi) is 1.82. The quantitative estimate of drug-likeness (QED) is 0.652. The van der Waals surface area contributed by atoms with Gasteiger partial charge >= 0.3 is 0 Å². The molecule has 0 spiro atoms. The Morgan fingerprint density at radius 1 is 1.75 bits per heavy atom. The summed E-state index contributed by atoms with van der Waals surface area (Å²) in [6.07, 6.45) is 1.77. The lowest BCUT2D eigenvalue weighted by molar-refractivity contribution is -0.118. The molecule has 0 bridgehead atoms. The van der Waals surface area contributed by atoms with Crippen LogP contribution in [-0.2, 0) is 4.79 Å². The molecule has 1 unspecified atom stereocenters. The zero-order valence-electron chi connectivity index (χ0n) is 6.63. The molecule has 0 saturated carbocycles. The van der Waals surface area contributed by atoms with Crippen molar-refractivity contribution < 1.29 is 4.79 Å². The minimum atomic E-state index is -0.0244. The van der Waals surface area contributed by atoms with Crippen molar-refractivity contribution in [2.45, 2.75) is 13.1 Å². The molecule has 1 atom stereocenters. The highest BCUT2D eigenvalue weighted by atomic mass is 32.1. The average molecular weight is 183 g/mol. The largest absolute Gasteiger partial charge is 0.335 e. The van der Waals surface area contributed by atoms with Gasteiger partial charge in [-0.3, -0.25) is 10.1 Å². The molecule has 2 N–H and O–H groups in total. The third-order valence-corrected chi connectivity index (χ3v) is 2.67. The number of carbonyl (C=O) groups is 1. The molecule has 0 aromatic carbocycles. The zero-order chi connectivity index (χ0) is 8.55. The number of carbonyl (C=O) groups excluding carboxylic acids is 1. The van der Waals surface area contributed by atoms with E-state index in [1.165, 1.54) is 0 Å². The summed E-state index contributed by atoms with van der Waals surface area (Å²) in [6, 6.07) is 0. The van der Waals surface area contributed by atoms with E-state index in [2.05, 4.69) is 15.6 Å². The van der Waals surface area contributed by atoms with Gasteiger partial charge in [0.25, 0.3) is 0 Å². The van der Waals surface area contributed by atoms with E-state index >= 15 is 0 Å². The lowest BCUT2D eigenvalue weighted by Crippen LogP contribution is -2.21. The first-order chi connectivity index (χ1) is 5.75. The predicted octanol–water partition coefficient (Wildman–Crippen LogP) is 0.170. The molecule has 2 rings (SSSR count). The lowest BCUT2D eigenvalue weighted by atomic mass is 10.4. The van der Waals surface area contributed by atoms with E-state index in [-0.39, 0.29) is 12.1 Å². The zero-order valence-corrected chi connectivity index (χ0v) is 7.44. The molecule has 12 heavy (non-hydrogen) atoms. The van der Waals surface area contributed by atoms with Gasteiger partial charge in [0.1, 0.15) is 6.17 Å². The van der Waals surface area contributed by atoms with E-state index in [9.17, 15) is 4.79 Å². The van der Waals surface area contributed by atoms with Crippen molar-refractivity contribution in [2.75, 3.05) is 6.54 Å². The minimum Gasteiger partial charge on any atom is -0.335 e. The van der Waals surface area contributed by atoms with Crippen molar-refractivity contribution in [1.29, 1.82) is 0 Å². The maximum absolute atomic E-state index is 10.8. The van der Waals surface area contributed by atoms with E-state index in [1.807, 2.05) is 6.92 Å². The Balaban J connectivity index is 2.15. The Morgan fingerprint density at radius 3 is 3.08 bits per heavy atom. The van der Waals surface area contributed by atoms with Crippen LogP contribution in [0.25, 0.3) is 0 Å². The van der Waals surface area contributed by atoms with Crippen molar-refractivity contribution >= 4 is 17.2 Å². The van der Waals surface area contributed by atoms with Crippen molar-refractivity contribution in [3.8, 4) is 0 Å².